The minimum atomic E-state index is 0.599. The Labute approximate surface area is 139 Å². The second kappa shape index (κ2) is 6.16. The van der Waals surface area contributed by atoms with Gasteiger partial charge in [0.25, 0.3) is 0 Å². The minimum absolute atomic E-state index is 0.599. The van der Waals surface area contributed by atoms with Crippen molar-refractivity contribution < 1.29 is 4.74 Å². The smallest absolute Gasteiger partial charge is 0.182 e. The molecule has 6 heteroatoms. The molecule has 4 aromatic rings. The zero-order valence-corrected chi connectivity index (χ0v) is 13.3. The molecular formula is C18H17N5O. The van der Waals surface area contributed by atoms with E-state index in [-0.39, 0.29) is 0 Å². The number of pyridine rings is 1. The monoisotopic (exact) mass is 319 g/mol. The highest BCUT2D eigenvalue weighted by Crippen LogP contribution is 2.20. The summed E-state index contributed by atoms with van der Waals surface area (Å²) >= 11 is 0. The van der Waals surface area contributed by atoms with Gasteiger partial charge in [-0.25, -0.2) is 14.5 Å². The van der Waals surface area contributed by atoms with Crippen molar-refractivity contribution in [3.63, 3.8) is 0 Å². The lowest BCUT2D eigenvalue weighted by molar-refractivity contribution is 0.298. The zero-order valence-electron chi connectivity index (χ0n) is 13.3. The van der Waals surface area contributed by atoms with E-state index in [9.17, 15) is 0 Å². The molecule has 3 heterocycles. The Morgan fingerprint density at radius 1 is 1.08 bits per heavy atom. The van der Waals surface area contributed by atoms with E-state index >= 15 is 0 Å². The number of aryl methyl sites for hydroxylation is 1. The molecule has 0 unspecified atom stereocenters. The number of aromatic nitrogens is 5. The van der Waals surface area contributed by atoms with E-state index in [0.29, 0.717) is 12.4 Å². The van der Waals surface area contributed by atoms with E-state index in [1.165, 1.54) is 0 Å². The first kappa shape index (κ1) is 14.4. The number of hydrogen-bond acceptors (Lipinski definition) is 4. The molecule has 0 amide bonds. The lowest BCUT2D eigenvalue weighted by Crippen LogP contribution is -2.06. The molecule has 120 valence electrons. The summed E-state index contributed by atoms with van der Waals surface area (Å²) in [6, 6.07) is 13.8. The molecule has 0 bridgehead atoms. The van der Waals surface area contributed by atoms with Gasteiger partial charge in [-0.1, -0.05) is 6.07 Å². The predicted molar refractivity (Wildman–Crippen MR) is 90.9 cm³/mol. The van der Waals surface area contributed by atoms with Crippen LogP contribution >= 0.6 is 0 Å². The summed E-state index contributed by atoms with van der Waals surface area (Å²) in [5.41, 5.74) is 2.89. The number of rotatable bonds is 5. The molecule has 0 fully saturated rings. The Morgan fingerprint density at radius 3 is 2.71 bits per heavy atom. The third-order valence-electron chi connectivity index (χ3n) is 3.84. The van der Waals surface area contributed by atoms with E-state index in [0.717, 1.165) is 29.2 Å². The largest absolute Gasteiger partial charge is 0.492 e. The molecule has 0 aliphatic rings. The van der Waals surface area contributed by atoms with Crippen LogP contribution in [0.4, 0.5) is 0 Å². The fraction of sp³-hybridized carbons (Fsp3) is 0.167. The van der Waals surface area contributed by atoms with Crippen LogP contribution < -0.4 is 4.74 Å². The van der Waals surface area contributed by atoms with Gasteiger partial charge in [-0.3, -0.25) is 0 Å². The Balaban J connectivity index is 1.47. The average molecular weight is 319 g/mol. The molecule has 0 saturated heterocycles. The molecule has 24 heavy (non-hydrogen) atoms. The molecule has 1 aromatic carbocycles. The topological polar surface area (TPSA) is 57.2 Å². The van der Waals surface area contributed by atoms with Crippen molar-refractivity contribution in [2.24, 2.45) is 0 Å². The summed E-state index contributed by atoms with van der Waals surface area (Å²) in [4.78, 5) is 8.58. The molecule has 0 spiro atoms. The number of hydrogen-bond donors (Lipinski definition) is 0. The summed E-state index contributed by atoms with van der Waals surface area (Å²) in [6.45, 7) is 3.39. The Hall–Kier alpha value is -3.15. The van der Waals surface area contributed by atoms with E-state index in [2.05, 4.69) is 15.1 Å². The number of ether oxygens (including phenoxy) is 1. The number of imidazole rings is 1. The second-order valence-corrected chi connectivity index (χ2v) is 5.55. The summed E-state index contributed by atoms with van der Waals surface area (Å²) in [5, 5.41) is 4.56. The van der Waals surface area contributed by atoms with Crippen LogP contribution in [0.25, 0.3) is 17.0 Å². The summed E-state index contributed by atoms with van der Waals surface area (Å²) < 4.78 is 9.59. The average Bonchev–Trinajstić information content (AvgIpc) is 3.25. The van der Waals surface area contributed by atoms with Crippen LogP contribution in [-0.4, -0.2) is 30.8 Å². The van der Waals surface area contributed by atoms with Crippen LogP contribution in [0, 0.1) is 6.92 Å². The van der Waals surface area contributed by atoms with Gasteiger partial charge in [0.15, 0.2) is 11.5 Å². The fourth-order valence-electron chi connectivity index (χ4n) is 2.55. The van der Waals surface area contributed by atoms with Gasteiger partial charge in [0.1, 0.15) is 12.4 Å². The van der Waals surface area contributed by atoms with Crippen molar-refractivity contribution in [3.8, 4) is 17.1 Å². The Bertz CT molecular complexity index is 941. The number of fused-ring (bicyclic) bond motifs is 1. The van der Waals surface area contributed by atoms with Crippen LogP contribution in [0.3, 0.4) is 0 Å². The molecule has 0 atom stereocenters. The fourth-order valence-corrected chi connectivity index (χ4v) is 2.55. The first-order chi connectivity index (χ1) is 11.8. The maximum atomic E-state index is 5.75. The van der Waals surface area contributed by atoms with Gasteiger partial charge in [0.05, 0.1) is 12.9 Å². The molecule has 0 aliphatic carbocycles. The first-order valence-electron chi connectivity index (χ1n) is 7.81. The van der Waals surface area contributed by atoms with Crippen molar-refractivity contribution in [1.29, 1.82) is 0 Å². The van der Waals surface area contributed by atoms with E-state index < -0.39 is 0 Å². The second-order valence-electron chi connectivity index (χ2n) is 5.55. The highest BCUT2D eigenvalue weighted by Gasteiger charge is 2.07. The third-order valence-corrected chi connectivity index (χ3v) is 3.84. The van der Waals surface area contributed by atoms with Crippen LogP contribution in [0.15, 0.2) is 61.2 Å². The predicted octanol–water partition coefficient (Wildman–Crippen LogP) is 2.98. The highest BCUT2D eigenvalue weighted by atomic mass is 16.5. The standard InChI is InChI=1S/C18H17N5O/c1-14-3-2-4-17-20-18(21-23(14)17)15-5-7-16(8-6-15)24-12-11-22-10-9-19-13-22/h2-10,13H,11-12H2,1H3. The summed E-state index contributed by atoms with van der Waals surface area (Å²) in [7, 11) is 0. The van der Waals surface area contributed by atoms with E-state index in [1.807, 2.05) is 64.7 Å². The lowest BCUT2D eigenvalue weighted by Gasteiger charge is -2.06. The lowest BCUT2D eigenvalue weighted by atomic mass is 10.2. The normalized spacial score (nSPS) is 11.0. The van der Waals surface area contributed by atoms with Crippen LogP contribution in [0.5, 0.6) is 5.75 Å². The van der Waals surface area contributed by atoms with Gasteiger partial charge >= 0.3 is 0 Å². The minimum Gasteiger partial charge on any atom is -0.492 e. The highest BCUT2D eigenvalue weighted by molar-refractivity contribution is 5.59. The van der Waals surface area contributed by atoms with Gasteiger partial charge in [-0.05, 0) is 43.3 Å². The van der Waals surface area contributed by atoms with Crippen molar-refractivity contribution in [2.45, 2.75) is 13.5 Å². The van der Waals surface area contributed by atoms with Gasteiger partial charge in [0, 0.05) is 23.7 Å². The van der Waals surface area contributed by atoms with Crippen molar-refractivity contribution in [3.05, 3.63) is 66.9 Å². The Morgan fingerprint density at radius 2 is 1.96 bits per heavy atom. The van der Waals surface area contributed by atoms with Gasteiger partial charge < -0.3 is 9.30 Å². The van der Waals surface area contributed by atoms with E-state index in [1.54, 1.807) is 12.5 Å². The summed E-state index contributed by atoms with van der Waals surface area (Å²) in [5.74, 6) is 1.55. The molecular weight excluding hydrogens is 302 g/mol. The molecule has 4 rings (SSSR count). The van der Waals surface area contributed by atoms with Gasteiger partial charge in [-0.2, -0.15) is 0 Å². The van der Waals surface area contributed by atoms with Gasteiger partial charge in [-0.15, -0.1) is 5.10 Å². The van der Waals surface area contributed by atoms with Crippen molar-refractivity contribution in [2.75, 3.05) is 6.61 Å². The Kier molecular flexibility index (Phi) is 3.70. The first-order valence-corrected chi connectivity index (χ1v) is 7.81. The SMILES string of the molecule is Cc1cccc2nc(-c3ccc(OCCn4ccnc4)cc3)nn12. The molecule has 6 nitrogen and oxygen atoms in total. The van der Waals surface area contributed by atoms with Crippen LogP contribution in [0.1, 0.15) is 5.69 Å². The quantitative estimate of drug-likeness (QED) is 0.567. The summed E-state index contributed by atoms with van der Waals surface area (Å²) in [6.07, 6.45) is 5.46. The molecule has 0 radical (unpaired) electrons. The third kappa shape index (κ3) is 2.86. The van der Waals surface area contributed by atoms with Gasteiger partial charge in [0.2, 0.25) is 0 Å². The van der Waals surface area contributed by atoms with Crippen LogP contribution in [0.2, 0.25) is 0 Å². The van der Waals surface area contributed by atoms with Crippen LogP contribution in [-0.2, 0) is 6.54 Å². The number of nitrogens with zero attached hydrogens (tertiary/aromatic N) is 5. The molecule has 0 aliphatic heterocycles. The van der Waals surface area contributed by atoms with E-state index in [4.69, 9.17) is 4.74 Å². The zero-order chi connectivity index (χ0) is 16.4. The maximum Gasteiger partial charge on any atom is 0.182 e. The molecule has 0 saturated carbocycles. The number of benzene rings is 1. The molecule has 3 aromatic heterocycles. The molecule has 0 N–H and O–H groups in total. The van der Waals surface area contributed by atoms with Crippen molar-refractivity contribution in [1.82, 2.24) is 24.1 Å². The maximum absolute atomic E-state index is 5.75. The van der Waals surface area contributed by atoms with Crippen molar-refractivity contribution >= 4 is 5.65 Å².